The van der Waals surface area contributed by atoms with Crippen molar-refractivity contribution < 1.29 is 4.79 Å². The van der Waals surface area contributed by atoms with Gasteiger partial charge in [-0.05, 0) is 43.2 Å². The van der Waals surface area contributed by atoms with Gasteiger partial charge in [0.1, 0.15) is 6.29 Å². The first-order valence-electron chi connectivity index (χ1n) is 11.6. The molecule has 3 nitrogen and oxygen atoms in total. The first kappa shape index (κ1) is 23.4. The molecule has 1 aliphatic rings. The van der Waals surface area contributed by atoms with Crippen LogP contribution in [0.5, 0.6) is 0 Å². The summed E-state index contributed by atoms with van der Waals surface area (Å²) in [4.78, 5) is 13.9. The molecule has 160 valence electrons. The predicted octanol–water partition coefficient (Wildman–Crippen LogP) is 5.95. The number of allylic oxidation sites excluding steroid dienone is 2. The van der Waals surface area contributed by atoms with E-state index in [4.69, 9.17) is 0 Å². The van der Waals surface area contributed by atoms with Gasteiger partial charge in [0.25, 0.3) is 0 Å². The van der Waals surface area contributed by atoms with E-state index in [1.54, 1.807) is 0 Å². The molecule has 0 fully saturated rings. The fraction of sp³-hybridized carbons (Fsp3) is 0.577. The van der Waals surface area contributed by atoms with E-state index >= 15 is 0 Å². The summed E-state index contributed by atoms with van der Waals surface area (Å²) in [6.45, 7) is 8.40. The van der Waals surface area contributed by atoms with Crippen molar-refractivity contribution in [2.24, 2.45) is 5.92 Å². The summed E-state index contributed by atoms with van der Waals surface area (Å²) in [6, 6.07) is 6.29. The summed E-state index contributed by atoms with van der Waals surface area (Å²) >= 11 is 0. The minimum absolute atomic E-state index is 0.717. The van der Waals surface area contributed by atoms with Crippen LogP contribution in [0.15, 0.2) is 42.5 Å². The van der Waals surface area contributed by atoms with Crippen molar-refractivity contribution in [3.8, 4) is 0 Å². The Labute approximate surface area is 178 Å². The highest BCUT2D eigenvalue weighted by Crippen LogP contribution is 2.28. The maximum atomic E-state index is 11.5. The number of hydrogen-bond acceptors (Lipinski definition) is 3. The first-order valence-corrected chi connectivity index (χ1v) is 11.6. The van der Waals surface area contributed by atoms with Crippen molar-refractivity contribution in [2.75, 3.05) is 31.1 Å². The number of nitrogens with zero attached hydrogens (tertiary/aromatic N) is 1. The van der Waals surface area contributed by atoms with E-state index in [1.807, 2.05) is 6.07 Å². The van der Waals surface area contributed by atoms with Crippen molar-refractivity contribution >= 4 is 12.0 Å². The van der Waals surface area contributed by atoms with E-state index in [0.717, 1.165) is 69.6 Å². The van der Waals surface area contributed by atoms with Gasteiger partial charge in [-0.15, -0.1) is 0 Å². The average Bonchev–Trinajstić information content (AvgIpc) is 2.78. The second kappa shape index (κ2) is 14.2. The quantitative estimate of drug-likeness (QED) is 0.435. The number of hydrogen-bond donors (Lipinski definition) is 1. The number of carbonyl (C=O) groups excluding carboxylic acids is 1. The minimum Gasteiger partial charge on any atom is -0.370 e. The summed E-state index contributed by atoms with van der Waals surface area (Å²) in [7, 11) is 0. The number of unbranched alkanes of at least 4 members (excludes halogenated alkanes) is 1. The molecule has 3 heteroatoms. The Kier molecular flexibility index (Phi) is 11.4. The molecule has 1 unspecified atom stereocenters. The standard InChI is InChI=1S/C26H40N2O/c1-3-5-13-23(4-2)20-25-15-14-24(22-29)21-26(25)28-18-12-10-8-6-7-9-11-16-27-17-19-28/h8-11,14-15,21-23,27H,3-7,12-13,16-20H2,1-2H3/b10-8-,11-9-. The van der Waals surface area contributed by atoms with E-state index in [1.165, 1.54) is 36.9 Å². The van der Waals surface area contributed by atoms with Crippen LogP contribution in [0.3, 0.4) is 0 Å². The van der Waals surface area contributed by atoms with Crippen LogP contribution in [-0.4, -0.2) is 32.5 Å². The molecule has 0 aliphatic carbocycles. The van der Waals surface area contributed by atoms with Crippen LogP contribution >= 0.6 is 0 Å². The van der Waals surface area contributed by atoms with Gasteiger partial charge in [0, 0.05) is 37.4 Å². The summed E-state index contributed by atoms with van der Waals surface area (Å²) in [5, 5.41) is 3.53. The van der Waals surface area contributed by atoms with Crippen molar-refractivity contribution in [2.45, 2.75) is 65.2 Å². The monoisotopic (exact) mass is 396 g/mol. The highest BCUT2D eigenvalue weighted by Gasteiger charge is 2.15. The molecule has 1 heterocycles. The molecule has 0 saturated heterocycles. The fourth-order valence-corrected chi connectivity index (χ4v) is 3.99. The largest absolute Gasteiger partial charge is 0.370 e. The molecule has 1 aromatic rings. The van der Waals surface area contributed by atoms with E-state index in [-0.39, 0.29) is 0 Å². The molecular weight excluding hydrogens is 356 g/mol. The van der Waals surface area contributed by atoms with Crippen LogP contribution in [-0.2, 0) is 6.42 Å². The van der Waals surface area contributed by atoms with Gasteiger partial charge in [0.15, 0.2) is 0 Å². The van der Waals surface area contributed by atoms with E-state index in [0.29, 0.717) is 0 Å². The molecule has 1 aromatic carbocycles. The van der Waals surface area contributed by atoms with Gasteiger partial charge < -0.3 is 10.2 Å². The SMILES string of the molecule is CCCCC(CC)Cc1ccc(C=O)cc1N1CC/C=C\CC/C=C\CNCC1. The Morgan fingerprint density at radius 1 is 1.07 bits per heavy atom. The van der Waals surface area contributed by atoms with Crippen LogP contribution in [0.1, 0.15) is 74.7 Å². The lowest BCUT2D eigenvalue weighted by Gasteiger charge is -2.28. The zero-order valence-corrected chi connectivity index (χ0v) is 18.5. The first-order chi connectivity index (χ1) is 14.3. The summed E-state index contributed by atoms with van der Waals surface area (Å²) in [5.41, 5.74) is 3.43. The Morgan fingerprint density at radius 2 is 1.86 bits per heavy atom. The Morgan fingerprint density at radius 3 is 2.62 bits per heavy atom. The second-order valence-electron chi connectivity index (χ2n) is 8.13. The summed E-state index contributed by atoms with van der Waals surface area (Å²) in [6.07, 6.45) is 19.5. The van der Waals surface area contributed by atoms with Crippen LogP contribution in [0.25, 0.3) is 0 Å². The maximum Gasteiger partial charge on any atom is 0.150 e. The smallest absolute Gasteiger partial charge is 0.150 e. The number of anilines is 1. The third-order valence-corrected chi connectivity index (χ3v) is 5.86. The number of benzene rings is 1. The summed E-state index contributed by atoms with van der Waals surface area (Å²) < 4.78 is 0. The van der Waals surface area contributed by atoms with Crippen LogP contribution < -0.4 is 10.2 Å². The number of rotatable bonds is 8. The molecular formula is C26H40N2O. The van der Waals surface area contributed by atoms with Gasteiger partial charge in [-0.1, -0.05) is 76.0 Å². The topological polar surface area (TPSA) is 32.3 Å². The third kappa shape index (κ3) is 8.57. The second-order valence-corrected chi connectivity index (χ2v) is 8.13. The van der Waals surface area contributed by atoms with Crippen LogP contribution in [0.2, 0.25) is 0 Å². The Balaban J connectivity index is 2.22. The highest BCUT2D eigenvalue weighted by atomic mass is 16.1. The van der Waals surface area contributed by atoms with Crippen molar-refractivity contribution in [1.82, 2.24) is 5.32 Å². The van der Waals surface area contributed by atoms with Crippen molar-refractivity contribution in [3.05, 3.63) is 53.6 Å². The van der Waals surface area contributed by atoms with E-state index in [2.05, 4.69) is 60.5 Å². The summed E-state index contributed by atoms with van der Waals surface area (Å²) in [5.74, 6) is 0.717. The molecule has 0 aromatic heterocycles. The maximum absolute atomic E-state index is 11.5. The number of carbonyl (C=O) groups is 1. The Bertz CT molecular complexity index is 650. The molecule has 1 aliphatic heterocycles. The molecule has 2 rings (SSSR count). The lowest BCUT2D eigenvalue weighted by molar-refractivity contribution is 0.112. The number of aldehydes is 1. The zero-order chi connectivity index (χ0) is 20.7. The molecule has 0 spiro atoms. The van der Waals surface area contributed by atoms with Gasteiger partial charge in [0.05, 0.1) is 0 Å². The predicted molar refractivity (Wildman–Crippen MR) is 126 cm³/mol. The minimum atomic E-state index is 0.717. The molecule has 1 N–H and O–H groups in total. The molecule has 0 radical (unpaired) electrons. The lowest BCUT2D eigenvalue weighted by atomic mass is 9.90. The van der Waals surface area contributed by atoms with Gasteiger partial charge in [-0.25, -0.2) is 0 Å². The van der Waals surface area contributed by atoms with Crippen LogP contribution in [0, 0.1) is 5.92 Å². The molecule has 0 amide bonds. The van der Waals surface area contributed by atoms with Crippen molar-refractivity contribution in [3.63, 3.8) is 0 Å². The zero-order valence-electron chi connectivity index (χ0n) is 18.5. The molecule has 0 bridgehead atoms. The van der Waals surface area contributed by atoms with Crippen LogP contribution in [0.4, 0.5) is 5.69 Å². The van der Waals surface area contributed by atoms with Gasteiger partial charge >= 0.3 is 0 Å². The van der Waals surface area contributed by atoms with Crippen molar-refractivity contribution in [1.29, 1.82) is 0 Å². The normalized spacial score (nSPS) is 19.4. The van der Waals surface area contributed by atoms with Gasteiger partial charge in [-0.3, -0.25) is 4.79 Å². The molecule has 29 heavy (non-hydrogen) atoms. The molecule has 1 atom stereocenters. The molecule has 0 saturated carbocycles. The van der Waals surface area contributed by atoms with Gasteiger partial charge in [-0.2, -0.15) is 0 Å². The van der Waals surface area contributed by atoms with Gasteiger partial charge in [0.2, 0.25) is 0 Å². The fourth-order valence-electron chi connectivity index (χ4n) is 3.99. The third-order valence-electron chi connectivity index (χ3n) is 5.86. The Hall–Kier alpha value is -1.87. The highest BCUT2D eigenvalue weighted by molar-refractivity contribution is 5.78. The number of nitrogens with one attached hydrogen (secondary N) is 1. The lowest BCUT2D eigenvalue weighted by Crippen LogP contribution is -2.33. The van der Waals surface area contributed by atoms with E-state index in [9.17, 15) is 4.79 Å². The van der Waals surface area contributed by atoms with E-state index < -0.39 is 0 Å². The average molecular weight is 397 g/mol.